The molecule has 33 heavy (non-hydrogen) atoms. The van der Waals surface area contributed by atoms with Crippen LogP contribution in [-0.2, 0) is 0 Å². The van der Waals surface area contributed by atoms with Crippen LogP contribution in [0.25, 0.3) is 0 Å². The Bertz CT molecular complexity index is 1180. The molecule has 0 aliphatic rings. The van der Waals surface area contributed by atoms with E-state index in [0.29, 0.717) is 32.7 Å². The zero-order valence-electron chi connectivity index (χ0n) is 17.2. The number of carbonyl (C=O) groups is 2. The lowest BCUT2D eigenvalue weighted by atomic mass is 10.2. The number of aldehydes is 2. The monoisotopic (exact) mass is 544 g/mol. The molecule has 0 atom stereocenters. The van der Waals surface area contributed by atoms with Crippen LogP contribution in [0.15, 0.2) is 102 Å². The van der Waals surface area contributed by atoms with Crippen LogP contribution >= 0.6 is 39.1 Å². The van der Waals surface area contributed by atoms with Crippen molar-refractivity contribution < 1.29 is 19.4 Å². The van der Waals surface area contributed by atoms with Gasteiger partial charge in [0.25, 0.3) is 0 Å². The number of aromatic hydroxyl groups is 1. The Morgan fingerprint density at radius 1 is 0.697 bits per heavy atom. The molecule has 0 unspecified atom stereocenters. The predicted molar refractivity (Wildman–Crippen MR) is 136 cm³/mol. The molecular weight excluding hydrogens is 527 g/mol. The van der Waals surface area contributed by atoms with Gasteiger partial charge in [-0.3, -0.25) is 9.59 Å². The van der Waals surface area contributed by atoms with Crippen LogP contribution in [0.2, 0.25) is 10.0 Å². The number of phenolic OH excluding ortho intramolecular Hbond substituents is 1. The van der Waals surface area contributed by atoms with Crippen LogP contribution in [0.1, 0.15) is 20.7 Å². The second kappa shape index (κ2) is 14.1. The average molecular weight is 546 g/mol. The zero-order chi connectivity index (χ0) is 24.1. The quantitative estimate of drug-likeness (QED) is 0.262. The Morgan fingerprint density at radius 3 is 1.79 bits per heavy atom. The molecule has 4 nitrogen and oxygen atoms in total. The molecule has 0 bridgehead atoms. The van der Waals surface area contributed by atoms with Crippen molar-refractivity contribution in [1.29, 1.82) is 0 Å². The van der Waals surface area contributed by atoms with Crippen molar-refractivity contribution in [3.63, 3.8) is 0 Å². The molecule has 0 fully saturated rings. The van der Waals surface area contributed by atoms with Gasteiger partial charge >= 0.3 is 0 Å². The number of halogens is 3. The third-order valence-electron chi connectivity index (χ3n) is 3.90. The highest BCUT2D eigenvalue weighted by atomic mass is 79.9. The Balaban J connectivity index is 0.000000192. The first kappa shape index (κ1) is 26.1. The van der Waals surface area contributed by atoms with Gasteiger partial charge in [0.15, 0.2) is 0 Å². The summed E-state index contributed by atoms with van der Waals surface area (Å²) in [4.78, 5) is 20.7. The minimum absolute atomic E-state index is 0.133. The fourth-order valence-electron chi connectivity index (χ4n) is 2.34. The van der Waals surface area contributed by atoms with E-state index in [1.54, 1.807) is 72.8 Å². The average Bonchev–Trinajstić information content (AvgIpc) is 2.83. The number of benzene rings is 4. The van der Waals surface area contributed by atoms with Gasteiger partial charge in [-0.15, -0.1) is 0 Å². The highest BCUT2D eigenvalue weighted by molar-refractivity contribution is 9.10. The fourth-order valence-corrected chi connectivity index (χ4v) is 3.06. The van der Waals surface area contributed by atoms with Gasteiger partial charge in [0.05, 0.1) is 10.0 Å². The third kappa shape index (κ3) is 9.49. The summed E-state index contributed by atoms with van der Waals surface area (Å²) in [6.45, 7) is 0. The van der Waals surface area contributed by atoms with Gasteiger partial charge in [-0.1, -0.05) is 87.7 Å². The molecule has 0 spiro atoms. The summed E-state index contributed by atoms with van der Waals surface area (Å²) in [6, 6.07) is 28.0. The van der Waals surface area contributed by atoms with Crippen LogP contribution in [-0.4, -0.2) is 17.7 Å². The summed E-state index contributed by atoms with van der Waals surface area (Å²) in [6.07, 6.45) is 1.60. The van der Waals surface area contributed by atoms with E-state index in [-0.39, 0.29) is 5.75 Å². The molecule has 0 saturated carbocycles. The SMILES string of the molecule is O=Cc1cccc(Br)c1.O=Cc1cccc(Oc2ccccc2Cl)c1.Oc1ccccc1Cl. The largest absolute Gasteiger partial charge is 0.506 e. The van der Waals surface area contributed by atoms with Crippen LogP contribution in [0.3, 0.4) is 0 Å². The van der Waals surface area contributed by atoms with Crippen molar-refractivity contribution in [2.45, 2.75) is 0 Å². The van der Waals surface area contributed by atoms with Crippen LogP contribution in [0.5, 0.6) is 17.2 Å². The number of hydrogen-bond donors (Lipinski definition) is 1. The van der Waals surface area contributed by atoms with E-state index in [1.165, 1.54) is 0 Å². The molecule has 168 valence electrons. The summed E-state index contributed by atoms with van der Waals surface area (Å²) in [5.41, 5.74) is 1.27. The first-order valence-electron chi connectivity index (χ1n) is 9.54. The molecule has 0 aromatic heterocycles. The lowest BCUT2D eigenvalue weighted by molar-refractivity contribution is 0.111. The van der Waals surface area contributed by atoms with Crippen LogP contribution in [0, 0.1) is 0 Å². The molecule has 0 aliphatic heterocycles. The molecule has 0 radical (unpaired) electrons. The molecular formula is C26H19BrCl2O4. The molecule has 0 amide bonds. The normalized spacial score (nSPS) is 9.42. The van der Waals surface area contributed by atoms with Crippen LogP contribution < -0.4 is 4.74 Å². The van der Waals surface area contributed by atoms with Gasteiger partial charge in [0.2, 0.25) is 0 Å². The Labute approximate surface area is 210 Å². The maximum absolute atomic E-state index is 10.6. The van der Waals surface area contributed by atoms with Crippen molar-refractivity contribution in [3.8, 4) is 17.2 Å². The van der Waals surface area contributed by atoms with Gasteiger partial charge in [-0.2, -0.15) is 0 Å². The Hall–Kier alpha value is -3.12. The second-order valence-electron chi connectivity index (χ2n) is 6.35. The number of para-hydroxylation sites is 2. The number of hydrogen-bond acceptors (Lipinski definition) is 4. The number of rotatable bonds is 4. The minimum Gasteiger partial charge on any atom is -0.506 e. The summed E-state index contributed by atoms with van der Waals surface area (Å²) < 4.78 is 6.50. The van der Waals surface area contributed by atoms with Crippen molar-refractivity contribution in [3.05, 3.63) is 123 Å². The molecule has 0 heterocycles. The molecule has 4 aromatic rings. The van der Waals surface area contributed by atoms with Crippen molar-refractivity contribution >= 4 is 51.7 Å². The van der Waals surface area contributed by atoms with Gasteiger partial charge in [-0.25, -0.2) is 0 Å². The fraction of sp³-hybridized carbons (Fsp3) is 0. The topological polar surface area (TPSA) is 63.6 Å². The molecule has 0 aliphatic carbocycles. The highest BCUT2D eigenvalue weighted by Gasteiger charge is 2.02. The van der Waals surface area contributed by atoms with E-state index < -0.39 is 0 Å². The zero-order valence-corrected chi connectivity index (χ0v) is 20.3. The van der Waals surface area contributed by atoms with E-state index in [9.17, 15) is 9.59 Å². The molecule has 7 heteroatoms. The van der Waals surface area contributed by atoms with E-state index in [1.807, 2.05) is 24.3 Å². The second-order valence-corrected chi connectivity index (χ2v) is 8.08. The van der Waals surface area contributed by atoms with Crippen molar-refractivity contribution in [2.75, 3.05) is 0 Å². The van der Waals surface area contributed by atoms with Gasteiger partial charge in [-0.05, 0) is 48.5 Å². The van der Waals surface area contributed by atoms with E-state index in [0.717, 1.165) is 17.0 Å². The predicted octanol–water partition coefficient (Wildman–Crippen LogP) is 8.25. The molecule has 4 rings (SSSR count). The minimum atomic E-state index is 0.133. The first-order chi connectivity index (χ1) is 15.9. The standard InChI is InChI=1S/C13H9ClO2.C7H5BrO.C6H5ClO/c14-12-6-1-2-7-13(12)16-11-5-3-4-10(8-11)9-15;8-7-3-1-2-6(4-7)5-9;7-5-3-1-2-4-6(5)8/h1-9H;1-5H;1-4,8H. The number of ether oxygens (including phenoxy) is 1. The summed E-state index contributed by atoms with van der Waals surface area (Å²) in [7, 11) is 0. The summed E-state index contributed by atoms with van der Waals surface area (Å²) in [5.74, 6) is 1.30. The van der Waals surface area contributed by atoms with Crippen LogP contribution in [0.4, 0.5) is 0 Å². The van der Waals surface area contributed by atoms with Crippen molar-refractivity contribution in [1.82, 2.24) is 0 Å². The first-order valence-corrected chi connectivity index (χ1v) is 11.1. The van der Waals surface area contributed by atoms with E-state index >= 15 is 0 Å². The lowest BCUT2D eigenvalue weighted by Crippen LogP contribution is -1.86. The maximum Gasteiger partial charge on any atom is 0.150 e. The molecule has 1 N–H and O–H groups in total. The van der Waals surface area contributed by atoms with Gasteiger partial charge in [0, 0.05) is 15.6 Å². The van der Waals surface area contributed by atoms with Gasteiger partial charge < -0.3 is 9.84 Å². The maximum atomic E-state index is 10.6. The molecule has 0 saturated heterocycles. The molecule has 4 aromatic carbocycles. The van der Waals surface area contributed by atoms with E-state index in [4.69, 9.17) is 33.0 Å². The number of carbonyl (C=O) groups excluding carboxylic acids is 2. The van der Waals surface area contributed by atoms with Gasteiger partial charge in [0.1, 0.15) is 29.8 Å². The van der Waals surface area contributed by atoms with Crippen molar-refractivity contribution in [2.24, 2.45) is 0 Å². The Kier molecular flexibility index (Phi) is 11.2. The Morgan fingerprint density at radius 2 is 1.27 bits per heavy atom. The summed E-state index contributed by atoms with van der Waals surface area (Å²) >= 11 is 14.7. The number of phenols is 1. The summed E-state index contributed by atoms with van der Waals surface area (Å²) in [5, 5.41) is 9.72. The smallest absolute Gasteiger partial charge is 0.150 e. The lowest BCUT2D eigenvalue weighted by Gasteiger charge is -2.07. The highest BCUT2D eigenvalue weighted by Crippen LogP contribution is 2.28. The third-order valence-corrected chi connectivity index (χ3v) is 5.02. The van der Waals surface area contributed by atoms with E-state index in [2.05, 4.69) is 15.9 Å².